The van der Waals surface area contributed by atoms with Crippen molar-refractivity contribution in [3.63, 3.8) is 0 Å². The Morgan fingerprint density at radius 1 is 1.09 bits per heavy atom. The molecule has 8 heteroatoms. The maximum Gasteiger partial charge on any atom is 0.274 e. The molecule has 2 heterocycles. The van der Waals surface area contributed by atoms with Crippen LogP contribution in [0.15, 0.2) is 42.7 Å². The van der Waals surface area contributed by atoms with Crippen LogP contribution in [0.4, 0.5) is 18.9 Å². The van der Waals surface area contributed by atoms with E-state index in [1.807, 2.05) is 6.07 Å². The summed E-state index contributed by atoms with van der Waals surface area (Å²) in [5, 5.41) is 2.78. The lowest BCUT2D eigenvalue weighted by Crippen LogP contribution is -2.31. The molecule has 0 spiro atoms. The van der Waals surface area contributed by atoms with E-state index in [0.29, 0.717) is 23.6 Å². The molecule has 1 amide bonds. The van der Waals surface area contributed by atoms with Crippen molar-refractivity contribution >= 4 is 11.6 Å². The molecular weight excluding hydrogens is 441 g/mol. The fourth-order valence-electron chi connectivity index (χ4n) is 4.76. The molecule has 1 aliphatic carbocycles. The minimum atomic E-state index is -0.932. The van der Waals surface area contributed by atoms with Crippen molar-refractivity contribution in [3.8, 4) is 11.3 Å². The lowest BCUT2D eigenvalue weighted by atomic mass is 9.76. The van der Waals surface area contributed by atoms with Crippen molar-refractivity contribution in [1.82, 2.24) is 9.97 Å². The first kappa shape index (κ1) is 23.9. The number of nitrogens with one attached hydrogen (secondary N) is 1. The molecule has 34 heavy (non-hydrogen) atoms. The third kappa shape index (κ3) is 4.97. The Morgan fingerprint density at radius 3 is 2.50 bits per heavy atom. The van der Waals surface area contributed by atoms with Crippen LogP contribution in [0.5, 0.6) is 0 Å². The Labute approximate surface area is 196 Å². The molecule has 0 unspecified atom stereocenters. The van der Waals surface area contributed by atoms with Gasteiger partial charge in [-0.1, -0.05) is 13.8 Å². The summed E-state index contributed by atoms with van der Waals surface area (Å²) >= 11 is 0. The van der Waals surface area contributed by atoms with Gasteiger partial charge in [0.15, 0.2) is 0 Å². The zero-order valence-electron chi connectivity index (χ0n) is 19.1. The number of benzene rings is 1. The van der Waals surface area contributed by atoms with Crippen LogP contribution in [0.25, 0.3) is 11.3 Å². The van der Waals surface area contributed by atoms with E-state index in [1.54, 1.807) is 19.3 Å². The number of aromatic nitrogens is 2. The van der Waals surface area contributed by atoms with Gasteiger partial charge in [-0.25, -0.2) is 18.2 Å². The Kier molecular flexibility index (Phi) is 6.97. The molecule has 1 fully saturated rings. The van der Waals surface area contributed by atoms with E-state index < -0.39 is 34.6 Å². The number of aryl methyl sites for hydroxylation is 1. The minimum Gasteiger partial charge on any atom is -0.328 e. The summed E-state index contributed by atoms with van der Waals surface area (Å²) < 4.78 is 43.7. The average molecular weight is 469 g/mol. The van der Waals surface area contributed by atoms with Crippen LogP contribution in [0.3, 0.4) is 0 Å². The Balaban J connectivity index is 1.64. The standard InChI is InChI=1S/C26H27F3N4O/c1-3-15-10-20(28)24(21(29)11-15)25-19(27)4-5-22(32-25)26(34)33-23-13-31-7-6-18(23)16-8-14(2)9-17(30)12-16/h4-7,10-11,13-14,16-17H,3,8-9,12,30H2,1-2H3,(H,33,34)/t14-,16+,17-/m0/s1. The minimum absolute atomic E-state index is 0.0793. The highest BCUT2D eigenvalue weighted by atomic mass is 19.1. The van der Waals surface area contributed by atoms with E-state index in [-0.39, 0.29) is 17.7 Å². The number of pyridine rings is 2. The topological polar surface area (TPSA) is 80.9 Å². The fourth-order valence-corrected chi connectivity index (χ4v) is 4.76. The van der Waals surface area contributed by atoms with E-state index in [4.69, 9.17) is 5.73 Å². The van der Waals surface area contributed by atoms with Crippen molar-refractivity contribution in [2.75, 3.05) is 5.32 Å². The van der Waals surface area contributed by atoms with Crippen LogP contribution in [0.2, 0.25) is 0 Å². The number of anilines is 1. The summed E-state index contributed by atoms with van der Waals surface area (Å²) in [6, 6.07) is 6.38. The lowest BCUT2D eigenvalue weighted by Gasteiger charge is -2.32. The quantitative estimate of drug-likeness (QED) is 0.510. The first-order valence-electron chi connectivity index (χ1n) is 11.4. The number of hydrogen-bond acceptors (Lipinski definition) is 4. The third-order valence-electron chi connectivity index (χ3n) is 6.35. The number of rotatable bonds is 5. The summed E-state index contributed by atoms with van der Waals surface area (Å²) in [4.78, 5) is 21.1. The van der Waals surface area contributed by atoms with Crippen LogP contribution in [-0.2, 0) is 6.42 Å². The van der Waals surface area contributed by atoms with Gasteiger partial charge in [0.25, 0.3) is 5.91 Å². The SMILES string of the molecule is CCc1cc(F)c(-c2nc(C(=O)Nc3cnccc3[C@@H]3C[C@H](C)C[C@H](N)C3)ccc2F)c(F)c1. The maximum atomic E-state index is 14.6. The normalized spacial score (nSPS) is 20.2. The number of amides is 1. The van der Waals surface area contributed by atoms with Gasteiger partial charge in [-0.15, -0.1) is 0 Å². The van der Waals surface area contributed by atoms with E-state index in [9.17, 15) is 18.0 Å². The first-order chi connectivity index (χ1) is 16.3. The van der Waals surface area contributed by atoms with Crippen LogP contribution < -0.4 is 11.1 Å². The van der Waals surface area contributed by atoms with Crippen molar-refractivity contribution in [3.05, 3.63) is 77.0 Å². The summed E-state index contributed by atoms with van der Waals surface area (Å²) in [5.74, 6) is -2.80. The molecule has 5 nitrogen and oxygen atoms in total. The number of hydrogen-bond donors (Lipinski definition) is 2. The second kappa shape index (κ2) is 9.93. The van der Waals surface area contributed by atoms with Crippen LogP contribution in [0.1, 0.15) is 60.6 Å². The molecule has 0 aliphatic heterocycles. The highest BCUT2D eigenvalue weighted by molar-refractivity contribution is 6.03. The van der Waals surface area contributed by atoms with Gasteiger partial charge in [-0.2, -0.15) is 0 Å². The second-order valence-corrected chi connectivity index (χ2v) is 9.00. The lowest BCUT2D eigenvalue weighted by molar-refractivity contribution is 0.102. The van der Waals surface area contributed by atoms with Gasteiger partial charge in [0, 0.05) is 12.2 Å². The van der Waals surface area contributed by atoms with Crippen molar-refractivity contribution in [1.29, 1.82) is 0 Å². The fraction of sp³-hybridized carbons (Fsp3) is 0.346. The van der Waals surface area contributed by atoms with Crippen molar-refractivity contribution < 1.29 is 18.0 Å². The number of nitrogens with two attached hydrogens (primary N) is 1. The predicted molar refractivity (Wildman–Crippen MR) is 125 cm³/mol. The Morgan fingerprint density at radius 2 is 1.82 bits per heavy atom. The average Bonchev–Trinajstić information content (AvgIpc) is 2.79. The number of carbonyl (C=O) groups excluding carboxylic acids is 1. The van der Waals surface area contributed by atoms with E-state index in [1.165, 1.54) is 6.07 Å². The monoisotopic (exact) mass is 468 g/mol. The van der Waals surface area contributed by atoms with E-state index in [2.05, 4.69) is 22.2 Å². The molecule has 2 aromatic heterocycles. The molecule has 4 rings (SSSR count). The number of nitrogens with zero attached hydrogens (tertiary/aromatic N) is 2. The molecule has 1 saturated carbocycles. The summed E-state index contributed by atoms with van der Waals surface area (Å²) in [6.07, 6.45) is 6.32. The molecule has 0 saturated heterocycles. The molecule has 3 N–H and O–H groups in total. The molecule has 0 bridgehead atoms. The summed E-state index contributed by atoms with van der Waals surface area (Å²) in [5.41, 5.74) is 6.76. The van der Waals surface area contributed by atoms with Gasteiger partial charge in [0.05, 0.1) is 17.4 Å². The zero-order valence-corrected chi connectivity index (χ0v) is 19.1. The predicted octanol–water partition coefficient (Wildman–Crippen LogP) is 5.61. The first-order valence-corrected chi connectivity index (χ1v) is 11.4. The molecule has 1 aromatic carbocycles. The van der Waals surface area contributed by atoms with Crippen molar-refractivity contribution in [2.45, 2.75) is 51.5 Å². The highest BCUT2D eigenvalue weighted by Crippen LogP contribution is 2.38. The maximum absolute atomic E-state index is 14.6. The number of halogens is 3. The molecule has 3 atom stereocenters. The van der Waals surface area contributed by atoms with Crippen LogP contribution >= 0.6 is 0 Å². The second-order valence-electron chi connectivity index (χ2n) is 9.00. The van der Waals surface area contributed by atoms with Gasteiger partial charge in [-0.05, 0) is 79.0 Å². The summed E-state index contributed by atoms with van der Waals surface area (Å²) in [6.45, 7) is 3.91. The largest absolute Gasteiger partial charge is 0.328 e. The Hall–Kier alpha value is -3.26. The molecule has 3 aromatic rings. The van der Waals surface area contributed by atoms with Crippen LogP contribution in [0, 0.1) is 23.4 Å². The molecule has 178 valence electrons. The van der Waals surface area contributed by atoms with E-state index >= 15 is 0 Å². The zero-order chi connectivity index (χ0) is 24.4. The Bertz CT molecular complexity index is 1180. The van der Waals surface area contributed by atoms with Gasteiger partial charge >= 0.3 is 0 Å². The molecule has 0 radical (unpaired) electrons. The van der Waals surface area contributed by atoms with Gasteiger partial charge < -0.3 is 11.1 Å². The molecule has 1 aliphatic rings. The van der Waals surface area contributed by atoms with Gasteiger partial charge in [-0.3, -0.25) is 9.78 Å². The smallest absolute Gasteiger partial charge is 0.274 e. The van der Waals surface area contributed by atoms with Gasteiger partial charge in [0.2, 0.25) is 0 Å². The number of carbonyl (C=O) groups is 1. The van der Waals surface area contributed by atoms with Crippen LogP contribution in [-0.4, -0.2) is 21.9 Å². The summed E-state index contributed by atoms with van der Waals surface area (Å²) in [7, 11) is 0. The van der Waals surface area contributed by atoms with Crippen molar-refractivity contribution in [2.24, 2.45) is 11.7 Å². The third-order valence-corrected chi connectivity index (χ3v) is 6.35. The highest BCUT2D eigenvalue weighted by Gasteiger charge is 2.28. The van der Waals surface area contributed by atoms with E-state index in [0.717, 1.165) is 43.0 Å². The van der Waals surface area contributed by atoms with Gasteiger partial charge in [0.1, 0.15) is 28.8 Å². The molecular formula is C26H27F3N4O.